The number of hydrogen-bond donors (Lipinski definition) is 1. The molecule has 1 saturated heterocycles. The Morgan fingerprint density at radius 2 is 1.82 bits per heavy atom. The average molecular weight is 326 g/mol. The molecule has 0 spiro atoms. The van der Waals surface area contributed by atoms with Gasteiger partial charge in [-0.15, -0.1) is 0 Å². The van der Waals surface area contributed by atoms with E-state index in [9.17, 15) is 13.2 Å². The SMILES string of the molecule is O=C(NCC1CCN(S(=O)(=O)C2CC2)CC1)[C@H]1CC=CCC1. The van der Waals surface area contributed by atoms with Gasteiger partial charge in [-0.05, 0) is 50.9 Å². The molecule has 0 bridgehead atoms. The van der Waals surface area contributed by atoms with E-state index in [1.165, 1.54) is 0 Å². The second kappa shape index (κ2) is 6.71. The largest absolute Gasteiger partial charge is 0.356 e. The maximum atomic E-state index is 12.2. The Balaban J connectivity index is 1.40. The summed E-state index contributed by atoms with van der Waals surface area (Å²) in [5.74, 6) is 0.700. The third kappa shape index (κ3) is 3.71. The first-order valence-electron chi connectivity index (χ1n) is 8.49. The highest BCUT2D eigenvalue weighted by molar-refractivity contribution is 7.90. The molecule has 3 aliphatic rings. The van der Waals surface area contributed by atoms with Gasteiger partial charge in [-0.3, -0.25) is 4.79 Å². The average Bonchev–Trinajstić information content (AvgIpc) is 3.39. The first-order valence-corrected chi connectivity index (χ1v) is 9.99. The molecule has 3 rings (SSSR count). The number of nitrogens with zero attached hydrogens (tertiary/aromatic N) is 1. The number of nitrogens with one attached hydrogen (secondary N) is 1. The molecule has 1 amide bonds. The summed E-state index contributed by atoms with van der Waals surface area (Å²) in [6, 6.07) is 0. The zero-order valence-electron chi connectivity index (χ0n) is 13.0. The van der Waals surface area contributed by atoms with E-state index in [2.05, 4.69) is 17.5 Å². The van der Waals surface area contributed by atoms with E-state index < -0.39 is 10.0 Å². The van der Waals surface area contributed by atoms with Crippen molar-refractivity contribution >= 4 is 15.9 Å². The highest BCUT2D eigenvalue weighted by Gasteiger charge is 2.41. The molecule has 1 heterocycles. The number of piperidine rings is 1. The second-order valence-electron chi connectivity index (χ2n) is 6.81. The molecule has 5 nitrogen and oxygen atoms in total. The summed E-state index contributed by atoms with van der Waals surface area (Å²) in [6.07, 6.45) is 10.4. The molecule has 1 atom stereocenters. The number of rotatable bonds is 5. The van der Waals surface area contributed by atoms with Gasteiger partial charge in [-0.25, -0.2) is 12.7 Å². The first-order chi connectivity index (χ1) is 10.6. The van der Waals surface area contributed by atoms with Crippen LogP contribution >= 0.6 is 0 Å². The lowest BCUT2D eigenvalue weighted by Crippen LogP contribution is -2.43. The first kappa shape index (κ1) is 16.0. The van der Waals surface area contributed by atoms with Crippen molar-refractivity contribution in [1.82, 2.24) is 9.62 Å². The van der Waals surface area contributed by atoms with E-state index in [1.807, 2.05) is 0 Å². The Morgan fingerprint density at radius 3 is 2.41 bits per heavy atom. The Hall–Kier alpha value is -0.880. The molecule has 0 unspecified atom stereocenters. The Labute approximate surface area is 133 Å². The van der Waals surface area contributed by atoms with Crippen molar-refractivity contribution in [2.45, 2.75) is 50.2 Å². The van der Waals surface area contributed by atoms with Crippen LogP contribution in [0.25, 0.3) is 0 Å². The quantitative estimate of drug-likeness (QED) is 0.782. The lowest BCUT2D eigenvalue weighted by molar-refractivity contribution is -0.125. The summed E-state index contributed by atoms with van der Waals surface area (Å²) in [7, 11) is -3.02. The molecule has 124 valence electrons. The standard InChI is InChI=1S/C16H26N2O3S/c19-16(14-4-2-1-3-5-14)17-12-13-8-10-18(11-9-13)22(20,21)15-6-7-15/h1-2,13-15H,3-12H2,(H,17,19)/t14-/m0/s1. The normalized spacial score (nSPS) is 27.7. The molecule has 1 aliphatic heterocycles. The molecule has 0 aromatic rings. The maximum absolute atomic E-state index is 12.2. The van der Waals surface area contributed by atoms with Crippen molar-refractivity contribution in [3.8, 4) is 0 Å². The van der Waals surface area contributed by atoms with E-state index in [1.54, 1.807) is 4.31 Å². The van der Waals surface area contributed by atoms with E-state index in [0.717, 1.165) is 44.9 Å². The van der Waals surface area contributed by atoms with Crippen LogP contribution in [0.4, 0.5) is 0 Å². The zero-order valence-corrected chi connectivity index (χ0v) is 13.9. The van der Waals surface area contributed by atoms with Crippen molar-refractivity contribution in [2.24, 2.45) is 11.8 Å². The molecular formula is C16H26N2O3S. The van der Waals surface area contributed by atoms with E-state index in [-0.39, 0.29) is 17.1 Å². The second-order valence-corrected chi connectivity index (χ2v) is 9.03. The summed E-state index contributed by atoms with van der Waals surface area (Å²) in [6.45, 7) is 1.92. The summed E-state index contributed by atoms with van der Waals surface area (Å²) >= 11 is 0. The minimum atomic E-state index is -3.02. The number of carbonyl (C=O) groups is 1. The third-order valence-electron chi connectivity index (χ3n) is 5.08. The zero-order chi connectivity index (χ0) is 15.6. The van der Waals surface area contributed by atoms with E-state index in [0.29, 0.717) is 25.6 Å². The molecule has 1 saturated carbocycles. The Bertz CT molecular complexity index is 532. The van der Waals surface area contributed by atoms with Crippen LogP contribution in [0.15, 0.2) is 12.2 Å². The van der Waals surface area contributed by atoms with Crippen molar-refractivity contribution in [1.29, 1.82) is 0 Å². The molecule has 1 N–H and O–H groups in total. The van der Waals surface area contributed by atoms with Gasteiger partial charge >= 0.3 is 0 Å². The van der Waals surface area contributed by atoms with Crippen molar-refractivity contribution in [3.63, 3.8) is 0 Å². The molecule has 22 heavy (non-hydrogen) atoms. The predicted octanol–water partition coefficient (Wildman–Crippen LogP) is 1.66. The highest BCUT2D eigenvalue weighted by atomic mass is 32.2. The number of sulfonamides is 1. The summed E-state index contributed by atoms with van der Waals surface area (Å²) < 4.78 is 26.0. The van der Waals surface area contributed by atoms with Gasteiger partial charge in [0.15, 0.2) is 0 Å². The summed E-state index contributed by atoms with van der Waals surface area (Å²) in [4.78, 5) is 12.1. The van der Waals surface area contributed by atoms with Crippen LogP contribution in [0, 0.1) is 11.8 Å². The van der Waals surface area contributed by atoms with Gasteiger partial charge in [0.1, 0.15) is 0 Å². The van der Waals surface area contributed by atoms with Crippen LogP contribution in [-0.2, 0) is 14.8 Å². The Morgan fingerprint density at radius 1 is 1.09 bits per heavy atom. The van der Waals surface area contributed by atoms with Crippen LogP contribution in [-0.4, -0.2) is 43.5 Å². The lowest BCUT2D eigenvalue weighted by atomic mass is 9.93. The lowest BCUT2D eigenvalue weighted by Gasteiger charge is -2.31. The maximum Gasteiger partial charge on any atom is 0.223 e. The molecule has 6 heteroatoms. The van der Waals surface area contributed by atoms with Crippen LogP contribution in [0.5, 0.6) is 0 Å². The third-order valence-corrected chi connectivity index (χ3v) is 7.48. The summed E-state index contributed by atoms with van der Waals surface area (Å²) in [5.41, 5.74) is 0. The fourth-order valence-corrected chi connectivity index (χ4v) is 5.24. The molecule has 2 aliphatic carbocycles. The molecule has 0 aromatic carbocycles. The molecule has 2 fully saturated rings. The van der Waals surface area contributed by atoms with Gasteiger partial charge in [-0.2, -0.15) is 0 Å². The molecule has 0 radical (unpaired) electrons. The van der Waals surface area contributed by atoms with E-state index >= 15 is 0 Å². The minimum absolute atomic E-state index is 0.108. The van der Waals surface area contributed by atoms with Gasteiger partial charge in [0.25, 0.3) is 0 Å². The van der Waals surface area contributed by atoms with Gasteiger partial charge in [0, 0.05) is 25.6 Å². The van der Waals surface area contributed by atoms with E-state index in [4.69, 9.17) is 0 Å². The fourth-order valence-electron chi connectivity index (χ4n) is 3.37. The van der Waals surface area contributed by atoms with Crippen molar-refractivity contribution < 1.29 is 13.2 Å². The number of amides is 1. The van der Waals surface area contributed by atoms with Gasteiger partial charge in [0.2, 0.25) is 15.9 Å². The van der Waals surface area contributed by atoms with Crippen LogP contribution in [0.3, 0.4) is 0 Å². The minimum Gasteiger partial charge on any atom is -0.356 e. The smallest absolute Gasteiger partial charge is 0.223 e. The topological polar surface area (TPSA) is 66.5 Å². The van der Waals surface area contributed by atoms with Crippen LogP contribution in [0.2, 0.25) is 0 Å². The van der Waals surface area contributed by atoms with Crippen molar-refractivity contribution in [2.75, 3.05) is 19.6 Å². The van der Waals surface area contributed by atoms with Gasteiger partial charge < -0.3 is 5.32 Å². The van der Waals surface area contributed by atoms with Gasteiger partial charge in [-0.1, -0.05) is 12.2 Å². The Kier molecular flexibility index (Phi) is 4.88. The van der Waals surface area contributed by atoms with Crippen molar-refractivity contribution in [3.05, 3.63) is 12.2 Å². The highest BCUT2D eigenvalue weighted by Crippen LogP contribution is 2.33. The molecule has 0 aromatic heterocycles. The number of hydrogen-bond acceptors (Lipinski definition) is 3. The number of carbonyl (C=O) groups excluding carboxylic acids is 1. The van der Waals surface area contributed by atoms with Gasteiger partial charge in [0.05, 0.1) is 5.25 Å². The monoisotopic (exact) mass is 326 g/mol. The fraction of sp³-hybridized carbons (Fsp3) is 0.812. The molecular weight excluding hydrogens is 300 g/mol. The number of allylic oxidation sites excluding steroid dienone is 2. The van der Waals surface area contributed by atoms with Crippen LogP contribution < -0.4 is 5.32 Å². The van der Waals surface area contributed by atoms with Crippen LogP contribution in [0.1, 0.15) is 44.9 Å². The predicted molar refractivity (Wildman–Crippen MR) is 85.7 cm³/mol. The summed E-state index contributed by atoms with van der Waals surface area (Å²) in [5, 5.41) is 2.96.